The summed E-state index contributed by atoms with van der Waals surface area (Å²) in [4.78, 5) is 2.12. The Balaban J connectivity index is 2.20. The van der Waals surface area contributed by atoms with Crippen molar-refractivity contribution in [3.63, 3.8) is 0 Å². The van der Waals surface area contributed by atoms with Gasteiger partial charge in [0.1, 0.15) is 0 Å². The van der Waals surface area contributed by atoms with Crippen LogP contribution in [0.5, 0.6) is 0 Å². The summed E-state index contributed by atoms with van der Waals surface area (Å²) in [5.74, 6) is 0. The Morgan fingerprint density at radius 1 is 0.800 bits per heavy atom. The smallest absolute Gasteiger partial charge is 0.0366 e. The Morgan fingerprint density at radius 2 is 1.25 bits per heavy atom. The van der Waals surface area contributed by atoms with Crippen molar-refractivity contribution in [1.82, 2.24) is 4.90 Å². The first-order valence-corrected chi connectivity index (χ1v) is 6.89. The highest BCUT2D eigenvalue weighted by molar-refractivity contribution is 5.27. The second-order valence-electron chi connectivity index (χ2n) is 5.19. The Morgan fingerprint density at radius 3 is 1.70 bits per heavy atom. The third-order valence-corrected chi connectivity index (χ3v) is 3.36. The highest BCUT2D eigenvalue weighted by Crippen LogP contribution is 2.15. The first-order valence-electron chi connectivity index (χ1n) is 6.89. The number of nitrogens with two attached hydrogens (primary N) is 1. The molecule has 0 saturated heterocycles. The molecule has 0 aliphatic carbocycles. The standard InChI is InChI=1S/C18H22N2/c1-20(2)18(14-16-11-7-4-8-12-16)17(19)13-15-9-5-3-6-10-15/h3-12H,13-14,19H2,1-2H3/b18-17+. The van der Waals surface area contributed by atoms with Crippen LogP contribution in [0.2, 0.25) is 0 Å². The number of likely N-dealkylation sites (N-methyl/N-ethyl adjacent to an activating group) is 1. The van der Waals surface area contributed by atoms with Crippen molar-refractivity contribution >= 4 is 0 Å². The van der Waals surface area contributed by atoms with E-state index in [1.807, 2.05) is 12.1 Å². The molecule has 2 N–H and O–H groups in total. The van der Waals surface area contributed by atoms with Crippen LogP contribution in [0.4, 0.5) is 0 Å². The van der Waals surface area contributed by atoms with Gasteiger partial charge in [-0.05, 0) is 11.1 Å². The van der Waals surface area contributed by atoms with Gasteiger partial charge in [-0.25, -0.2) is 0 Å². The summed E-state index contributed by atoms with van der Waals surface area (Å²) in [6.45, 7) is 0. The zero-order valence-electron chi connectivity index (χ0n) is 12.2. The van der Waals surface area contributed by atoms with Crippen molar-refractivity contribution in [2.75, 3.05) is 14.1 Å². The van der Waals surface area contributed by atoms with Gasteiger partial charge in [0.15, 0.2) is 0 Å². The summed E-state index contributed by atoms with van der Waals surface area (Å²) in [5, 5.41) is 0. The largest absolute Gasteiger partial charge is 0.400 e. The normalized spacial score (nSPS) is 11.9. The van der Waals surface area contributed by atoms with E-state index >= 15 is 0 Å². The SMILES string of the molecule is CN(C)/C(Cc1ccccc1)=C(/N)Cc1ccccc1. The molecule has 0 heterocycles. The number of allylic oxidation sites excluding steroid dienone is 2. The van der Waals surface area contributed by atoms with Crippen molar-refractivity contribution in [3.8, 4) is 0 Å². The molecule has 0 bridgehead atoms. The molecule has 2 heteroatoms. The lowest BCUT2D eigenvalue weighted by atomic mass is 10.0. The van der Waals surface area contributed by atoms with Gasteiger partial charge in [0.05, 0.1) is 0 Å². The predicted molar refractivity (Wildman–Crippen MR) is 85.2 cm³/mol. The van der Waals surface area contributed by atoms with E-state index in [4.69, 9.17) is 5.73 Å². The van der Waals surface area contributed by atoms with Crippen LogP contribution in [0.25, 0.3) is 0 Å². The molecule has 0 aliphatic rings. The predicted octanol–water partition coefficient (Wildman–Crippen LogP) is 3.20. The first-order chi connectivity index (χ1) is 9.66. The third-order valence-electron chi connectivity index (χ3n) is 3.36. The number of rotatable bonds is 5. The number of benzene rings is 2. The van der Waals surface area contributed by atoms with E-state index in [0.29, 0.717) is 0 Å². The van der Waals surface area contributed by atoms with Gasteiger partial charge in [0, 0.05) is 38.3 Å². The number of hydrogen-bond acceptors (Lipinski definition) is 2. The monoisotopic (exact) mass is 266 g/mol. The van der Waals surface area contributed by atoms with E-state index < -0.39 is 0 Å². The van der Waals surface area contributed by atoms with Gasteiger partial charge in [0.25, 0.3) is 0 Å². The fourth-order valence-electron chi connectivity index (χ4n) is 2.27. The lowest BCUT2D eigenvalue weighted by Crippen LogP contribution is -2.20. The Kier molecular flexibility index (Phi) is 4.83. The summed E-state index contributed by atoms with van der Waals surface area (Å²) < 4.78 is 0. The summed E-state index contributed by atoms with van der Waals surface area (Å²) in [6, 6.07) is 20.8. The van der Waals surface area contributed by atoms with Crippen LogP contribution in [0, 0.1) is 0 Å². The van der Waals surface area contributed by atoms with Crippen LogP contribution in [0.3, 0.4) is 0 Å². The second-order valence-corrected chi connectivity index (χ2v) is 5.19. The summed E-state index contributed by atoms with van der Waals surface area (Å²) >= 11 is 0. The summed E-state index contributed by atoms with van der Waals surface area (Å²) in [6.07, 6.45) is 1.66. The average Bonchev–Trinajstić information content (AvgIpc) is 2.46. The fourth-order valence-corrected chi connectivity index (χ4v) is 2.27. The maximum atomic E-state index is 6.34. The van der Waals surface area contributed by atoms with Gasteiger partial charge in [-0.1, -0.05) is 60.7 Å². The van der Waals surface area contributed by atoms with Crippen LogP contribution in [0.1, 0.15) is 11.1 Å². The summed E-state index contributed by atoms with van der Waals surface area (Å²) in [5.41, 5.74) is 11.0. The molecular weight excluding hydrogens is 244 g/mol. The van der Waals surface area contributed by atoms with E-state index in [0.717, 1.165) is 18.5 Å². The minimum Gasteiger partial charge on any atom is -0.400 e. The van der Waals surface area contributed by atoms with Crippen LogP contribution in [-0.4, -0.2) is 19.0 Å². The van der Waals surface area contributed by atoms with Crippen molar-refractivity contribution < 1.29 is 0 Å². The Hall–Kier alpha value is -2.22. The zero-order valence-corrected chi connectivity index (χ0v) is 12.2. The molecule has 0 atom stereocenters. The molecule has 0 radical (unpaired) electrons. The first kappa shape index (κ1) is 14.2. The third kappa shape index (κ3) is 3.89. The molecule has 2 nitrogen and oxygen atoms in total. The topological polar surface area (TPSA) is 29.3 Å². The Bertz CT molecular complexity index is 556. The molecule has 0 amide bonds. The maximum Gasteiger partial charge on any atom is 0.0366 e. The van der Waals surface area contributed by atoms with E-state index in [-0.39, 0.29) is 0 Å². The molecular formula is C18H22N2. The molecule has 0 unspecified atom stereocenters. The van der Waals surface area contributed by atoms with Gasteiger partial charge in [-0.2, -0.15) is 0 Å². The van der Waals surface area contributed by atoms with Gasteiger partial charge >= 0.3 is 0 Å². The average molecular weight is 266 g/mol. The van der Waals surface area contributed by atoms with Gasteiger partial charge < -0.3 is 10.6 Å². The minimum atomic E-state index is 0.793. The molecule has 0 saturated carbocycles. The Labute approximate surface area is 121 Å². The van der Waals surface area contributed by atoms with Crippen molar-refractivity contribution in [2.24, 2.45) is 5.73 Å². The molecule has 2 aromatic rings. The fraction of sp³-hybridized carbons (Fsp3) is 0.222. The van der Waals surface area contributed by atoms with Crippen molar-refractivity contribution in [3.05, 3.63) is 83.2 Å². The minimum absolute atomic E-state index is 0.793. The second kappa shape index (κ2) is 6.80. The quantitative estimate of drug-likeness (QED) is 0.900. The number of nitrogens with zero attached hydrogens (tertiary/aromatic N) is 1. The molecule has 0 aromatic heterocycles. The van der Waals surface area contributed by atoms with Crippen LogP contribution in [-0.2, 0) is 12.8 Å². The molecule has 2 aromatic carbocycles. The highest BCUT2D eigenvalue weighted by atomic mass is 15.1. The van der Waals surface area contributed by atoms with E-state index in [1.54, 1.807) is 0 Å². The zero-order chi connectivity index (χ0) is 14.4. The van der Waals surface area contributed by atoms with E-state index in [9.17, 15) is 0 Å². The van der Waals surface area contributed by atoms with Gasteiger partial charge in [-0.15, -0.1) is 0 Å². The molecule has 0 aliphatic heterocycles. The molecule has 0 fully saturated rings. The number of hydrogen-bond donors (Lipinski definition) is 1. The lowest BCUT2D eigenvalue weighted by molar-refractivity contribution is 0.488. The summed E-state index contributed by atoms with van der Waals surface area (Å²) in [7, 11) is 4.10. The molecule has 104 valence electrons. The van der Waals surface area contributed by atoms with E-state index in [1.165, 1.54) is 16.8 Å². The van der Waals surface area contributed by atoms with Crippen LogP contribution >= 0.6 is 0 Å². The van der Waals surface area contributed by atoms with Crippen molar-refractivity contribution in [2.45, 2.75) is 12.8 Å². The van der Waals surface area contributed by atoms with Gasteiger partial charge in [0.2, 0.25) is 0 Å². The van der Waals surface area contributed by atoms with Crippen LogP contribution < -0.4 is 5.73 Å². The molecule has 20 heavy (non-hydrogen) atoms. The molecule has 2 rings (SSSR count). The van der Waals surface area contributed by atoms with Crippen LogP contribution in [0.15, 0.2) is 72.1 Å². The lowest BCUT2D eigenvalue weighted by Gasteiger charge is -2.20. The maximum absolute atomic E-state index is 6.34. The molecule has 0 spiro atoms. The highest BCUT2D eigenvalue weighted by Gasteiger charge is 2.08. The van der Waals surface area contributed by atoms with Crippen molar-refractivity contribution in [1.29, 1.82) is 0 Å². The van der Waals surface area contributed by atoms with E-state index in [2.05, 4.69) is 67.5 Å². The van der Waals surface area contributed by atoms with Gasteiger partial charge in [-0.3, -0.25) is 0 Å².